The molecule has 9 nitrogen and oxygen atoms in total. The third-order valence-corrected chi connectivity index (χ3v) is 7.90. The van der Waals surface area contributed by atoms with Crippen LogP contribution in [0.15, 0.2) is 76.5 Å². The average Bonchev–Trinajstić information content (AvgIpc) is 3.14. The van der Waals surface area contributed by atoms with Crippen LogP contribution in [-0.4, -0.2) is 27.7 Å². The van der Waals surface area contributed by atoms with E-state index in [0.717, 1.165) is 11.3 Å². The number of halogens is 1. The van der Waals surface area contributed by atoms with Crippen molar-refractivity contribution in [2.24, 2.45) is 5.14 Å². The number of benzene rings is 3. The number of primary sulfonamides is 1. The molecule has 0 aliphatic carbocycles. The Kier molecular flexibility index (Phi) is 6.12. The Hall–Kier alpha value is -3.03. The number of fused-ring (bicyclic) bond motifs is 1. The van der Waals surface area contributed by atoms with Crippen LogP contribution >= 0.6 is 22.9 Å². The fraction of sp³-hybridized carbons (Fsp3) is 0. The van der Waals surface area contributed by atoms with Crippen LogP contribution in [0.1, 0.15) is 10.4 Å². The van der Waals surface area contributed by atoms with Crippen LogP contribution in [0.5, 0.6) is 0 Å². The number of amides is 1. The maximum Gasteiger partial charge on any atom is 0.261 e. The minimum atomic E-state index is -3.87. The Labute approximate surface area is 198 Å². The monoisotopic (exact) mass is 522 g/mol. The van der Waals surface area contributed by atoms with Gasteiger partial charge in [-0.15, -0.1) is 0 Å². The first-order chi connectivity index (χ1) is 15.5. The van der Waals surface area contributed by atoms with Gasteiger partial charge in [-0.25, -0.2) is 27.0 Å². The van der Waals surface area contributed by atoms with E-state index < -0.39 is 26.0 Å². The van der Waals surface area contributed by atoms with Gasteiger partial charge in [0.15, 0.2) is 5.13 Å². The van der Waals surface area contributed by atoms with Crippen LogP contribution in [0, 0.1) is 0 Å². The molecule has 13 heteroatoms. The first-order valence-electron chi connectivity index (χ1n) is 9.14. The molecule has 1 amide bonds. The molecule has 0 saturated carbocycles. The Morgan fingerprint density at radius 1 is 0.939 bits per heavy atom. The molecule has 0 aliphatic heterocycles. The molecule has 0 saturated heterocycles. The molecular formula is C20H15ClN4O5S3. The van der Waals surface area contributed by atoms with Crippen molar-refractivity contribution in [1.29, 1.82) is 0 Å². The van der Waals surface area contributed by atoms with E-state index in [1.165, 1.54) is 66.7 Å². The highest BCUT2D eigenvalue weighted by Gasteiger charge is 2.16. The van der Waals surface area contributed by atoms with E-state index >= 15 is 0 Å². The van der Waals surface area contributed by atoms with Crippen molar-refractivity contribution in [3.63, 3.8) is 0 Å². The molecule has 0 radical (unpaired) electrons. The number of nitrogens with one attached hydrogen (secondary N) is 2. The fourth-order valence-corrected chi connectivity index (χ4v) is 5.55. The summed E-state index contributed by atoms with van der Waals surface area (Å²) in [7, 11) is -7.74. The standard InChI is InChI=1S/C20H15ClN4O5S3/c21-13-4-6-15(7-5-13)33(29,30)25-14-3-1-2-12(10-14)19(26)24-20-23-17-9-8-16(32(22,27)28)11-18(17)31-20/h1-11,25H,(H2,22,27,28)(H,23,24,26). The second kappa shape index (κ2) is 8.72. The summed E-state index contributed by atoms with van der Waals surface area (Å²) in [6.07, 6.45) is 0. The van der Waals surface area contributed by atoms with Crippen molar-refractivity contribution in [3.05, 3.63) is 77.3 Å². The molecule has 4 aromatic rings. The molecule has 0 bridgehead atoms. The highest BCUT2D eigenvalue weighted by atomic mass is 35.5. The van der Waals surface area contributed by atoms with E-state index in [4.69, 9.17) is 16.7 Å². The third-order valence-electron chi connectivity index (χ3n) is 4.41. The summed E-state index contributed by atoms with van der Waals surface area (Å²) in [5.41, 5.74) is 0.877. The topological polar surface area (TPSA) is 148 Å². The Bertz CT molecular complexity index is 1580. The number of nitrogens with two attached hydrogens (primary N) is 1. The minimum Gasteiger partial charge on any atom is -0.298 e. The van der Waals surface area contributed by atoms with Gasteiger partial charge >= 0.3 is 0 Å². The van der Waals surface area contributed by atoms with Crippen LogP contribution in [0.2, 0.25) is 5.02 Å². The third kappa shape index (κ3) is 5.31. The van der Waals surface area contributed by atoms with E-state index in [-0.39, 0.29) is 26.2 Å². The van der Waals surface area contributed by atoms with Crippen molar-refractivity contribution in [2.75, 3.05) is 10.0 Å². The van der Waals surface area contributed by atoms with Crippen molar-refractivity contribution in [3.8, 4) is 0 Å². The lowest BCUT2D eigenvalue weighted by Gasteiger charge is -2.09. The summed E-state index contributed by atoms with van der Waals surface area (Å²) in [6.45, 7) is 0. The summed E-state index contributed by atoms with van der Waals surface area (Å²) in [5, 5.41) is 8.42. The normalized spacial score (nSPS) is 11.9. The number of hydrogen-bond donors (Lipinski definition) is 3. The van der Waals surface area contributed by atoms with Crippen molar-refractivity contribution >= 4 is 69.9 Å². The molecule has 4 rings (SSSR count). The number of hydrogen-bond acceptors (Lipinski definition) is 7. The summed E-state index contributed by atoms with van der Waals surface area (Å²) in [5.74, 6) is -0.520. The van der Waals surface area contributed by atoms with Crippen LogP contribution in [-0.2, 0) is 20.0 Å². The quantitative estimate of drug-likeness (QED) is 0.352. The Morgan fingerprint density at radius 3 is 2.33 bits per heavy atom. The number of nitrogens with zero attached hydrogens (tertiary/aromatic N) is 1. The molecule has 0 fully saturated rings. The summed E-state index contributed by atoms with van der Waals surface area (Å²) < 4.78 is 51.1. The fourth-order valence-electron chi connectivity index (χ4n) is 2.86. The van der Waals surface area contributed by atoms with Crippen molar-refractivity contribution in [1.82, 2.24) is 4.98 Å². The van der Waals surface area contributed by atoms with Gasteiger partial charge in [-0.2, -0.15) is 0 Å². The molecule has 0 aliphatic rings. The first kappa shape index (κ1) is 23.1. The number of rotatable bonds is 6. The Morgan fingerprint density at radius 2 is 1.64 bits per heavy atom. The molecule has 1 heterocycles. The molecule has 3 aromatic carbocycles. The summed E-state index contributed by atoms with van der Waals surface area (Å²) in [6, 6.07) is 15.8. The molecule has 170 valence electrons. The molecule has 33 heavy (non-hydrogen) atoms. The van der Waals surface area contributed by atoms with Crippen LogP contribution in [0.4, 0.5) is 10.8 Å². The van der Waals surface area contributed by atoms with E-state index in [2.05, 4.69) is 15.0 Å². The predicted molar refractivity (Wildman–Crippen MR) is 128 cm³/mol. The number of sulfonamides is 2. The number of carbonyl (C=O) groups excluding carboxylic acids is 1. The number of carbonyl (C=O) groups is 1. The maximum atomic E-state index is 12.7. The highest BCUT2D eigenvalue weighted by Crippen LogP contribution is 2.28. The van der Waals surface area contributed by atoms with E-state index in [1.807, 2.05) is 0 Å². The van der Waals surface area contributed by atoms with Gasteiger partial charge in [0, 0.05) is 16.3 Å². The van der Waals surface area contributed by atoms with Gasteiger partial charge in [-0.3, -0.25) is 14.8 Å². The number of aromatic nitrogens is 1. The van der Waals surface area contributed by atoms with Gasteiger partial charge < -0.3 is 0 Å². The van der Waals surface area contributed by atoms with Crippen LogP contribution < -0.4 is 15.2 Å². The molecule has 0 atom stereocenters. The van der Waals surface area contributed by atoms with E-state index in [0.29, 0.717) is 15.2 Å². The minimum absolute atomic E-state index is 0.0232. The van der Waals surface area contributed by atoms with Gasteiger partial charge in [0.1, 0.15) is 0 Å². The molecular weight excluding hydrogens is 508 g/mol. The number of thiazole rings is 1. The maximum absolute atomic E-state index is 12.7. The smallest absolute Gasteiger partial charge is 0.261 e. The zero-order valence-corrected chi connectivity index (χ0v) is 19.7. The highest BCUT2D eigenvalue weighted by molar-refractivity contribution is 7.92. The zero-order valence-electron chi connectivity index (χ0n) is 16.5. The van der Waals surface area contributed by atoms with Gasteiger partial charge in [-0.05, 0) is 60.7 Å². The predicted octanol–water partition coefficient (Wildman–Crippen LogP) is 3.65. The molecule has 0 spiro atoms. The van der Waals surface area contributed by atoms with Gasteiger partial charge in [0.2, 0.25) is 10.0 Å². The van der Waals surface area contributed by atoms with Gasteiger partial charge in [0.05, 0.1) is 20.0 Å². The number of anilines is 2. The lowest BCUT2D eigenvalue weighted by molar-refractivity contribution is 0.102. The average molecular weight is 523 g/mol. The van der Waals surface area contributed by atoms with Crippen molar-refractivity contribution < 1.29 is 21.6 Å². The second-order valence-corrected chi connectivity index (χ2v) is 11.5. The molecule has 1 aromatic heterocycles. The summed E-state index contributed by atoms with van der Waals surface area (Å²) >= 11 is 6.88. The van der Waals surface area contributed by atoms with Gasteiger partial charge in [0.25, 0.3) is 15.9 Å². The SMILES string of the molecule is NS(=O)(=O)c1ccc2nc(NC(=O)c3cccc(NS(=O)(=O)c4ccc(Cl)cc4)c3)sc2c1. The van der Waals surface area contributed by atoms with Crippen molar-refractivity contribution in [2.45, 2.75) is 9.79 Å². The van der Waals surface area contributed by atoms with E-state index in [1.54, 1.807) is 0 Å². The summed E-state index contributed by atoms with van der Waals surface area (Å²) in [4.78, 5) is 16.9. The molecule has 0 unspecified atom stereocenters. The van der Waals surface area contributed by atoms with E-state index in [9.17, 15) is 21.6 Å². The lowest BCUT2D eigenvalue weighted by atomic mass is 10.2. The van der Waals surface area contributed by atoms with Crippen LogP contribution in [0.25, 0.3) is 10.2 Å². The molecule has 4 N–H and O–H groups in total. The zero-order chi connectivity index (χ0) is 23.8. The lowest BCUT2D eigenvalue weighted by Crippen LogP contribution is -2.15. The first-order valence-corrected chi connectivity index (χ1v) is 13.4. The Balaban J connectivity index is 1.54. The van der Waals surface area contributed by atoms with Crippen LogP contribution in [0.3, 0.4) is 0 Å². The second-order valence-electron chi connectivity index (χ2n) is 6.79. The largest absolute Gasteiger partial charge is 0.298 e. The van der Waals surface area contributed by atoms with Gasteiger partial charge in [-0.1, -0.05) is 29.0 Å².